The molecule has 4 rings (SSSR count). The zero-order valence-corrected chi connectivity index (χ0v) is 18.6. The van der Waals surface area contributed by atoms with Crippen molar-refractivity contribution < 1.29 is 27.4 Å². The topological polar surface area (TPSA) is 102 Å². The second kappa shape index (κ2) is 11.1. The lowest BCUT2D eigenvalue weighted by Gasteiger charge is -2.26. The van der Waals surface area contributed by atoms with Gasteiger partial charge in [0, 0.05) is 49.9 Å². The number of hydrogen-bond acceptors (Lipinski definition) is 8. The number of carbonyl (C=O) groups excluding carboxylic acids is 1. The summed E-state index contributed by atoms with van der Waals surface area (Å²) in [5.41, 5.74) is -0.170. The van der Waals surface area contributed by atoms with Crippen LogP contribution < -0.4 is 15.4 Å². The van der Waals surface area contributed by atoms with Crippen LogP contribution in [0.4, 0.5) is 30.5 Å². The summed E-state index contributed by atoms with van der Waals surface area (Å²) in [5, 5.41) is 5.57. The lowest BCUT2D eigenvalue weighted by atomic mass is 10.2. The molecule has 4 heterocycles. The Kier molecular flexibility index (Phi) is 7.73. The number of nitrogens with one attached hydrogen (secondary N) is 2. The van der Waals surface area contributed by atoms with Gasteiger partial charge in [0.25, 0.3) is 5.91 Å². The fourth-order valence-corrected chi connectivity index (χ4v) is 3.31. The van der Waals surface area contributed by atoms with Gasteiger partial charge in [-0.2, -0.15) is 13.2 Å². The number of pyridine rings is 3. The van der Waals surface area contributed by atoms with Crippen LogP contribution in [0.2, 0.25) is 0 Å². The molecule has 1 amide bonds. The number of carbonyl (C=O) groups is 1. The van der Waals surface area contributed by atoms with Crippen molar-refractivity contribution in [2.45, 2.75) is 6.18 Å². The van der Waals surface area contributed by atoms with Gasteiger partial charge in [-0.1, -0.05) is 0 Å². The molecule has 1 fully saturated rings. The zero-order valence-electron chi connectivity index (χ0n) is 18.6. The molecule has 0 atom stereocenters. The van der Waals surface area contributed by atoms with Crippen LogP contribution in [0.3, 0.4) is 0 Å². The summed E-state index contributed by atoms with van der Waals surface area (Å²) in [7, 11) is 0. The molecule has 0 bridgehead atoms. The van der Waals surface area contributed by atoms with E-state index in [4.69, 9.17) is 9.47 Å². The number of halogens is 3. The van der Waals surface area contributed by atoms with Crippen molar-refractivity contribution in [2.75, 3.05) is 50.1 Å². The van der Waals surface area contributed by atoms with E-state index in [0.717, 1.165) is 31.9 Å². The number of anilines is 3. The van der Waals surface area contributed by atoms with E-state index in [2.05, 4.69) is 30.5 Å². The summed E-state index contributed by atoms with van der Waals surface area (Å²) in [6.07, 6.45) is 0.727. The maximum atomic E-state index is 12.8. The number of hydrogen-bond donors (Lipinski definition) is 2. The molecule has 35 heavy (non-hydrogen) atoms. The smallest absolute Gasteiger partial charge is 0.417 e. The standard InChI is InChI=1S/C23H23F3N6O3/c24-23(25,26)17-1-2-20(29-14-17)31-21-13-16(3-6-28-21)22(33)30-18-15-27-5-4-19(18)35-12-9-32-7-10-34-11-8-32/h1-6,13-15H,7-12H2,(H,30,33)(H,28,29,31). The molecule has 0 radical (unpaired) electrons. The fourth-order valence-electron chi connectivity index (χ4n) is 3.31. The maximum absolute atomic E-state index is 12.8. The normalized spacial score (nSPS) is 14.4. The van der Waals surface area contributed by atoms with Crippen LogP contribution >= 0.6 is 0 Å². The third-order valence-electron chi connectivity index (χ3n) is 5.17. The highest BCUT2D eigenvalue weighted by Gasteiger charge is 2.30. The third kappa shape index (κ3) is 6.87. The van der Waals surface area contributed by atoms with Crippen LogP contribution in [0.5, 0.6) is 5.75 Å². The molecule has 0 saturated carbocycles. The molecule has 9 nitrogen and oxygen atoms in total. The quantitative estimate of drug-likeness (QED) is 0.496. The Bertz CT molecular complexity index is 1140. The van der Waals surface area contributed by atoms with Crippen molar-refractivity contribution in [1.29, 1.82) is 0 Å². The second-order valence-electron chi connectivity index (χ2n) is 7.61. The minimum absolute atomic E-state index is 0.159. The molecule has 1 aliphatic heterocycles. The highest BCUT2D eigenvalue weighted by atomic mass is 19.4. The lowest BCUT2D eigenvalue weighted by Crippen LogP contribution is -2.38. The minimum atomic E-state index is -4.47. The molecule has 1 aliphatic rings. The summed E-state index contributed by atoms with van der Waals surface area (Å²) in [6.45, 7) is 4.28. The van der Waals surface area contributed by atoms with Gasteiger partial charge in [-0.15, -0.1) is 0 Å². The van der Waals surface area contributed by atoms with E-state index >= 15 is 0 Å². The first-order chi connectivity index (χ1) is 16.9. The molecule has 0 unspecified atom stereocenters. The molecular weight excluding hydrogens is 465 g/mol. The number of morpholine rings is 1. The third-order valence-corrected chi connectivity index (χ3v) is 5.17. The summed E-state index contributed by atoms with van der Waals surface area (Å²) in [6, 6.07) is 6.74. The Morgan fingerprint density at radius 2 is 1.89 bits per heavy atom. The van der Waals surface area contributed by atoms with Gasteiger partial charge in [0.05, 0.1) is 25.0 Å². The summed E-state index contributed by atoms with van der Waals surface area (Å²) in [5.74, 6) is 0.467. The predicted octanol–water partition coefficient (Wildman–Crippen LogP) is 3.60. The largest absolute Gasteiger partial charge is 0.490 e. The van der Waals surface area contributed by atoms with Crippen LogP contribution in [0.25, 0.3) is 0 Å². The number of alkyl halides is 3. The van der Waals surface area contributed by atoms with Gasteiger partial charge in [-0.3, -0.25) is 14.7 Å². The van der Waals surface area contributed by atoms with Crippen LogP contribution in [0.1, 0.15) is 15.9 Å². The molecule has 0 aromatic carbocycles. The van der Waals surface area contributed by atoms with Crippen LogP contribution in [-0.2, 0) is 10.9 Å². The predicted molar refractivity (Wildman–Crippen MR) is 122 cm³/mol. The molecule has 184 valence electrons. The SMILES string of the molecule is O=C(Nc1cnccc1OCCN1CCOCC1)c1ccnc(Nc2ccc(C(F)(F)F)cn2)c1. The summed E-state index contributed by atoms with van der Waals surface area (Å²) in [4.78, 5) is 27.0. The number of ether oxygens (including phenoxy) is 2. The van der Waals surface area contributed by atoms with Crippen LogP contribution in [0.15, 0.2) is 55.1 Å². The van der Waals surface area contributed by atoms with Gasteiger partial charge >= 0.3 is 6.18 Å². The molecule has 12 heteroatoms. The van der Waals surface area contributed by atoms with Crippen molar-refractivity contribution in [3.8, 4) is 5.75 Å². The van der Waals surface area contributed by atoms with Gasteiger partial charge in [0.1, 0.15) is 29.7 Å². The van der Waals surface area contributed by atoms with E-state index < -0.39 is 17.6 Å². The Labute approximate surface area is 199 Å². The van der Waals surface area contributed by atoms with Crippen LogP contribution in [-0.4, -0.2) is 65.2 Å². The second-order valence-corrected chi connectivity index (χ2v) is 7.61. The number of amides is 1. The Morgan fingerprint density at radius 1 is 1.06 bits per heavy atom. The van der Waals surface area contributed by atoms with E-state index in [0.29, 0.717) is 31.3 Å². The average Bonchev–Trinajstić information content (AvgIpc) is 2.86. The monoisotopic (exact) mass is 488 g/mol. The van der Waals surface area contributed by atoms with Gasteiger partial charge in [0.2, 0.25) is 0 Å². The van der Waals surface area contributed by atoms with E-state index in [9.17, 15) is 18.0 Å². The zero-order chi connectivity index (χ0) is 24.7. The minimum Gasteiger partial charge on any atom is -0.490 e. The van der Waals surface area contributed by atoms with E-state index in [1.807, 2.05) is 0 Å². The van der Waals surface area contributed by atoms with Crippen molar-refractivity contribution in [3.05, 3.63) is 66.2 Å². The van der Waals surface area contributed by atoms with Crippen molar-refractivity contribution in [2.24, 2.45) is 0 Å². The van der Waals surface area contributed by atoms with Gasteiger partial charge in [0.15, 0.2) is 0 Å². The van der Waals surface area contributed by atoms with E-state index in [1.165, 1.54) is 30.6 Å². The molecule has 3 aromatic rings. The van der Waals surface area contributed by atoms with Crippen molar-refractivity contribution in [3.63, 3.8) is 0 Å². The van der Waals surface area contributed by atoms with Crippen molar-refractivity contribution in [1.82, 2.24) is 19.9 Å². The molecule has 3 aromatic heterocycles. The first-order valence-electron chi connectivity index (χ1n) is 10.8. The number of aromatic nitrogens is 3. The first-order valence-corrected chi connectivity index (χ1v) is 10.8. The Hall–Kier alpha value is -3.77. The van der Waals surface area contributed by atoms with Gasteiger partial charge < -0.3 is 20.1 Å². The average molecular weight is 488 g/mol. The molecule has 1 saturated heterocycles. The molecule has 2 N–H and O–H groups in total. The first kappa shape index (κ1) is 24.4. The molecule has 0 aliphatic carbocycles. The fraction of sp³-hybridized carbons (Fsp3) is 0.304. The number of rotatable bonds is 8. The summed E-state index contributed by atoms with van der Waals surface area (Å²) < 4.78 is 49.3. The van der Waals surface area contributed by atoms with E-state index in [-0.39, 0.29) is 17.2 Å². The molecular formula is C23H23F3N6O3. The van der Waals surface area contributed by atoms with Gasteiger partial charge in [-0.05, 0) is 24.3 Å². The Balaban J connectivity index is 1.37. The maximum Gasteiger partial charge on any atom is 0.417 e. The Morgan fingerprint density at radius 3 is 2.63 bits per heavy atom. The molecule has 0 spiro atoms. The summed E-state index contributed by atoms with van der Waals surface area (Å²) >= 11 is 0. The van der Waals surface area contributed by atoms with Gasteiger partial charge in [-0.25, -0.2) is 9.97 Å². The highest BCUT2D eigenvalue weighted by molar-refractivity contribution is 6.05. The van der Waals surface area contributed by atoms with Crippen molar-refractivity contribution >= 4 is 23.2 Å². The van der Waals surface area contributed by atoms with Crippen LogP contribution in [0, 0.1) is 0 Å². The van der Waals surface area contributed by atoms with E-state index in [1.54, 1.807) is 12.3 Å². The highest BCUT2D eigenvalue weighted by Crippen LogP contribution is 2.29. The lowest BCUT2D eigenvalue weighted by molar-refractivity contribution is -0.137. The number of nitrogens with zero attached hydrogens (tertiary/aromatic N) is 4.